The number of hydrogen-bond donors (Lipinski definition) is 2. The third-order valence-electron chi connectivity index (χ3n) is 4.41. The van der Waals surface area contributed by atoms with Gasteiger partial charge in [-0.05, 0) is 61.9 Å². The van der Waals surface area contributed by atoms with Crippen LogP contribution in [-0.2, 0) is 9.53 Å². The first-order valence-corrected chi connectivity index (χ1v) is 10.8. The monoisotopic (exact) mass is 414 g/mol. The van der Waals surface area contributed by atoms with E-state index in [1.807, 2.05) is 55.5 Å². The zero-order chi connectivity index (χ0) is 21.4. The van der Waals surface area contributed by atoms with Gasteiger partial charge in [0.05, 0.1) is 19.8 Å². The lowest BCUT2D eigenvalue weighted by Crippen LogP contribution is -2.21. The molecule has 0 aliphatic rings. The minimum absolute atomic E-state index is 0.111. The number of unbranched alkanes of at least 4 members (excludes halogenated alkanes) is 3. The topological polar surface area (TPSA) is 68.8 Å². The van der Waals surface area contributed by atoms with Crippen molar-refractivity contribution in [3.05, 3.63) is 48.5 Å². The second-order valence-electron chi connectivity index (χ2n) is 6.90. The largest absolute Gasteiger partial charge is 0.494 e. The van der Waals surface area contributed by atoms with Crippen molar-refractivity contribution in [2.24, 2.45) is 0 Å². The predicted octanol–water partition coefficient (Wildman–Crippen LogP) is 5.11. The molecule has 0 saturated heterocycles. The summed E-state index contributed by atoms with van der Waals surface area (Å²) in [5.41, 5.74) is 1.60. The van der Waals surface area contributed by atoms with E-state index in [4.69, 9.17) is 14.2 Å². The number of hydrogen-bond acceptors (Lipinski definition) is 5. The maximum absolute atomic E-state index is 12.2. The summed E-state index contributed by atoms with van der Waals surface area (Å²) in [7, 11) is 0. The van der Waals surface area contributed by atoms with Gasteiger partial charge in [0.15, 0.2) is 0 Å². The zero-order valence-electron chi connectivity index (χ0n) is 18.1. The standard InChI is InChI=1S/C24H34N2O4/c1-3-5-6-7-16-29-22-14-10-21(11-15-22)26-24(27)19-25-20-8-12-23(13-9-20)30-18-17-28-4-2/h8-15,25H,3-7,16-19H2,1-2H3,(H,26,27). The zero-order valence-corrected chi connectivity index (χ0v) is 18.1. The van der Waals surface area contributed by atoms with Crippen molar-refractivity contribution in [3.63, 3.8) is 0 Å². The SMILES string of the molecule is CCCCCCOc1ccc(NC(=O)CNc2ccc(OCCOCC)cc2)cc1. The number of carbonyl (C=O) groups is 1. The molecule has 0 atom stereocenters. The highest BCUT2D eigenvalue weighted by Gasteiger charge is 2.03. The molecule has 0 aliphatic heterocycles. The molecule has 2 N–H and O–H groups in total. The van der Waals surface area contributed by atoms with Crippen LogP contribution in [0.5, 0.6) is 11.5 Å². The van der Waals surface area contributed by atoms with Crippen LogP contribution in [0, 0.1) is 0 Å². The van der Waals surface area contributed by atoms with Gasteiger partial charge < -0.3 is 24.8 Å². The molecule has 2 aromatic carbocycles. The first kappa shape index (κ1) is 23.5. The van der Waals surface area contributed by atoms with Crippen molar-refractivity contribution >= 4 is 17.3 Å². The van der Waals surface area contributed by atoms with Crippen LogP contribution in [0.1, 0.15) is 39.5 Å². The van der Waals surface area contributed by atoms with Crippen molar-refractivity contribution in [1.82, 2.24) is 0 Å². The summed E-state index contributed by atoms with van der Waals surface area (Å²) in [6, 6.07) is 15.0. The lowest BCUT2D eigenvalue weighted by molar-refractivity contribution is -0.114. The fourth-order valence-corrected chi connectivity index (χ4v) is 2.77. The van der Waals surface area contributed by atoms with E-state index in [9.17, 15) is 4.79 Å². The Morgan fingerprint density at radius 2 is 1.40 bits per heavy atom. The second-order valence-corrected chi connectivity index (χ2v) is 6.90. The number of rotatable bonds is 15. The first-order chi connectivity index (χ1) is 14.7. The highest BCUT2D eigenvalue weighted by atomic mass is 16.5. The van der Waals surface area contributed by atoms with E-state index in [1.54, 1.807) is 0 Å². The molecule has 2 rings (SSSR count). The van der Waals surface area contributed by atoms with Gasteiger partial charge in [0.25, 0.3) is 0 Å². The molecule has 1 amide bonds. The summed E-state index contributed by atoms with van der Waals surface area (Å²) < 4.78 is 16.5. The number of carbonyl (C=O) groups excluding carboxylic acids is 1. The maximum atomic E-state index is 12.2. The van der Waals surface area contributed by atoms with Crippen LogP contribution < -0.4 is 20.1 Å². The molecule has 6 heteroatoms. The summed E-state index contributed by atoms with van der Waals surface area (Å²) >= 11 is 0. The molecule has 0 unspecified atom stereocenters. The lowest BCUT2D eigenvalue weighted by atomic mass is 10.2. The molecule has 30 heavy (non-hydrogen) atoms. The van der Waals surface area contributed by atoms with Crippen molar-refractivity contribution in [2.45, 2.75) is 39.5 Å². The van der Waals surface area contributed by atoms with Gasteiger partial charge in [0, 0.05) is 18.0 Å². The molecule has 0 saturated carbocycles. The summed E-state index contributed by atoms with van der Waals surface area (Å²) in [5, 5.41) is 5.99. The summed E-state index contributed by atoms with van der Waals surface area (Å²) in [6.07, 6.45) is 4.73. The summed E-state index contributed by atoms with van der Waals surface area (Å²) in [4.78, 5) is 12.2. The Hall–Kier alpha value is -2.73. The van der Waals surface area contributed by atoms with Crippen LogP contribution >= 0.6 is 0 Å². The van der Waals surface area contributed by atoms with E-state index in [1.165, 1.54) is 19.3 Å². The Bertz CT molecular complexity index is 717. The number of anilines is 2. The normalized spacial score (nSPS) is 10.5. The summed E-state index contributed by atoms with van der Waals surface area (Å²) in [6.45, 7) is 6.84. The van der Waals surface area contributed by atoms with E-state index in [0.717, 1.165) is 35.9 Å². The third kappa shape index (κ3) is 9.65. The molecule has 6 nitrogen and oxygen atoms in total. The fraction of sp³-hybridized carbons (Fsp3) is 0.458. The highest BCUT2D eigenvalue weighted by molar-refractivity contribution is 5.93. The number of benzene rings is 2. The van der Waals surface area contributed by atoms with E-state index in [2.05, 4.69) is 17.6 Å². The predicted molar refractivity (Wildman–Crippen MR) is 122 cm³/mol. The average Bonchev–Trinajstić information content (AvgIpc) is 2.77. The van der Waals surface area contributed by atoms with Crippen LogP contribution in [-0.4, -0.2) is 38.9 Å². The molecule has 0 aromatic heterocycles. The lowest BCUT2D eigenvalue weighted by Gasteiger charge is -2.10. The molecule has 164 valence electrons. The minimum Gasteiger partial charge on any atom is -0.494 e. The highest BCUT2D eigenvalue weighted by Crippen LogP contribution is 2.17. The Morgan fingerprint density at radius 1 is 0.767 bits per heavy atom. The van der Waals surface area contributed by atoms with Crippen molar-refractivity contribution in [3.8, 4) is 11.5 Å². The number of nitrogens with one attached hydrogen (secondary N) is 2. The molecule has 2 aromatic rings. The Kier molecular flexibility index (Phi) is 11.2. The molecule has 0 fully saturated rings. The van der Waals surface area contributed by atoms with Crippen LogP contribution in [0.15, 0.2) is 48.5 Å². The molecule has 0 radical (unpaired) electrons. The van der Waals surface area contributed by atoms with Gasteiger partial charge in [-0.2, -0.15) is 0 Å². The van der Waals surface area contributed by atoms with Crippen LogP contribution in [0.4, 0.5) is 11.4 Å². The van der Waals surface area contributed by atoms with Gasteiger partial charge in [-0.25, -0.2) is 0 Å². The Balaban J connectivity index is 1.66. The first-order valence-electron chi connectivity index (χ1n) is 10.8. The van der Waals surface area contributed by atoms with Crippen LogP contribution in [0.3, 0.4) is 0 Å². The van der Waals surface area contributed by atoms with Crippen molar-refractivity contribution in [1.29, 1.82) is 0 Å². The molecular formula is C24H34N2O4. The van der Waals surface area contributed by atoms with Gasteiger partial charge in [-0.1, -0.05) is 26.2 Å². The van der Waals surface area contributed by atoms with Crippen LogP contribution in [0.2, 0.25) is 0 Å². The maximum Gasteiger partial charge on any atom is 0.243 e. The molecule has 0 bridgehead atoms. The van der Waals surface area contributed by atoms with Gasteiger partial charge in [-0.3, -0.25) is 4.79 Å². The number of ether oxygens (including phenoxy) is 3. The summed E-state index contributed by atoms with van der Waals surface area (Å²) in [5.74, 6) is 1.49. The van der Waals surface area contributed by atoms with Gasteiger partial charge in [-0.15, -0.1) is 0 Å². The van der Waals surface area contributed by atoms with Gasteiger partial charge in [0.2, 0.25) is 5.91 Å². The second kappa shape index (κ2) is 14.3. The van der Waals surface area contributed by atoms with E-state index in [0.29, 0.717) is 19.8 Å². The molecule has 0 spiro atoms. The minimum atomic E-state index is -0.111. The van der Waals surface area contributed by atoms with Crippen LogP contribution in [0.25, 0.3) is 0 Å². The van der Waals surface area contributed by atoms with Gasteiger partial charge in [0.1, 0.15) is 18.1 Å². The molecular weight excluding hydrogens is 380 g/mol. The third-order valence-corrected chi connectivity index (χ3v) is 4.41. The van der Waals surface area contributed by atoms with E-state index >= 15 is 0 Å². The Labute approximate surface area is 179 Å². The number of amides is 1. The Morgan fingerprint density at radius 3 is 2.03 bits per heavy atom. The quantitative estimate of drug-likeness (QED) is 0.396. The smallest absolute Gasteiger partial charge is 0.243 e. The average molecular weight is 415 g/mol. The van der Waals surface area contributed by atoms with E-state index < -0.39 is 0 Å². The molecule has 0 aliphatic carbocycles. The van der Waals surface area contributed by atoms with Gasteiger partial charge >= 0.3 is 0 Å². The fourth-order valence-electron chi connectivity index (χ4n) is 2.77. The van der Waals surface area contributed by atoms with Crippen molar-refractivity contribution < 1.29 is 19.0 Å². The van der Waals surface area contributed by atoms with E-state index in [-0.39, 0.29) is 12.5 Å². The molecule has 0 heterocycles. The van der Waals surface area contributed by atoms with Crippen molar-refractivity contribution in [2.75, 3.05) is 43.6 Å².